The van der Waals surface area contributed by atoms with Gasteiger partial charge in [0.2, 0.25) is 0 Å². The van der Waals surface area contributed by atoms with E-state index in [1.165, 1.54) is 0 Å². The minimum absolute atomic E-state index is 0.00426. The summed E-state index contributed by atoms with van der Waals surface area (Å²) in [5.74, 6) is -0.00426. The molecule has 0 saturated heterocycles. The van der Waals surface area contributed by atoms with Crippen molar-refractivity contribution < 1.29 is 22.1 Å². The Morgan fingerprint density at radius 3 is 2.45 bits per heavy atom. The smallest absolute Gasteiger partial charge is 0.407 e. The number of amides is 1. The van der Waals surface area contributed by atoms with Gasteiger partial charge in [-0.25, -0.2) is 4.79 Å². The highest BCUT2D eigenvalue weighted by Gasteiger charge is 2.22. The van der Waals surface area contributed by atoms with E-state index in [0.717, 1.165) is 69.8 Å². The molecule has 2 rings (SSSR count). The summed E-state index contributed by atoms with van der Waals surface area (Å²) in [6.07, 6.45) is 10.6. The number of alkyl carbamates (subject to hydrolysis) is 1. The molecule has 31 heavy (non-hydrogen) atoms. The number of hydrogen-bond donors (Lipinski definition) is 1. The van der Waals surface area contributed by atoms with Gasteiger partial charge in [-0.05, 0) is 37.7 Å². The zero-order valence-corrected chi connectivity index (χ0v) is 19.7. The maximum absolute atomic E-state index is 12.3. The topological polar surface area (TPSA) is 81.7 Å². The van der Waals surface area contributed by atoms with Gasteiger partial charge in [0.15, 0.2) is 0 Å². The minimum atomic E-state index is -3.52. The van der Waals surface area contributed by atoms with E-state index >= 15 is 0 Å². The van der Waals surface area contributed by atoms with E-state index in [9.17, 15) is 13.2 Å². The molecule has 0 aromatic heterocycles. The van der Waals surface area contributed by atoms with Crippen molar-refractivity contribution in [2.75, 3.05) is 5.75 Å². The van der Waals surface area contributed by atoms with Crippen LogP contribution in [0.1, 0.15) is 89.5 Å². The molecule has 6 nitrogen and oxygen atoms in total. The molecule has 0 unspecified atom stereocenters. The van der Waals surface area contributed by atoms with Crippen LogP contribution in [-0.2, 0) is 25.6 Å². The van der Waals surface area contributed by atoms with Crippen LogP contribution < -0.4 is 5.32 Å². The zero-order valence-electron chi connectivity index (χ0n) is 18.9. The quantitative estimate of drug-likeness (QED) is 0.288. The maximum Gasteiger partial charge on any atom is 0.407 e. The number of ether oxygens (including phenoxy) is 1. The molecule has 1 aromatic carbocycles. The van der Waals surface area contributed by atoms with E-state index in [1.807, 2.05) is 30.3 Å². The van der Waals surface area contributed by atoms with Gasteiger partial charge < -0.3 is 10.1 Å². The van der Waals surface area contributed by atoms with E-state index in [0.29, 0.717) is 12.8 Å². The van der Waals surface area contributed by atoms with Crippen molar-refractivity contribution in [3.8, 4) is 0 Å². The summed E-state index contributed by atoms with van der Waals surface area (Å²) < 4.78 is 35.4. The van der Waals surface area contributed by atoms with E-state index in [4.69, 9.17) is 8.92 Å². The first-order chi connectivity index (χ1) is 15.0. The molecular formula is C24H39NO5S. The fourth-order valence-electron chi connectivity index (χ4n) is 3.96. The number of benzene rings is 1. The van der Waals surface area contributed by atoms with Crippen LogP contribution in [0.5, 0.6) is 0 Å². The third-order valence-corrected chi connectivity index (χ3v) is 7.08. The molecule has 1 atom stereocenters. The fraction of sp³-hybridized carbons (Fsp3) is 0.708. The Morgan fingerprint density at radius 1 is 1.03 bits per heavy atom. The van der Waals surface area contributed by atoms with Crippen LogP contribution in [0.3, 0.4) is 0 Å². The van der Waals surface area contributed by atoms with Gasteiger partial charge in [-0.1, -0.05) is 82.2 Å². The number of hydrogen-bond acceptors (Lipinski definition) is 5. The lowest BCUT2D eigenvalue weighted by Crippen LogP contribution is -2.35. The fourth-order valence-corrected chi connectivity index (χ4v) is 5.18. The minimum Gasteiger partial charge on any atom is -0.445 e. The van der Waals surface area contributed by atoms with Crippen LogP contribution in [0, 0.1) is 0 Å². The van der Waals surface area contributed by atoms with Gasteiger partial charge in [-0.15, -0.1) is 0 Å². The monoisotopic (exact) mass is 453 g/mol. The second kappa shape index (κ2) is 14.5. The number of rotatable bonds is 14. The highest BCUT2D eigenvalue weighted by Crippen LogP contribution is 2.22. The molecule has 0 spiro atoms. The third kappa shape index (κ3) is 11.5. The van der Waals surface area contributed by atoms with Gasteiger partial charge in [-0.2, -0.15) is 8.42 Å². The second-order valence-corrected chi connectivity index (χ2v) is 10.2. The van der Waals surface area contributed by atoms with Gasteiger partial charge in [0, 0.05) is 6.04 Å². The highest BCUT2D eigenvalue weighted by molar-refractivity contribution is 7.86. The second-order valence-electron chi connectivity index (χ2n) is 8.51. The lowest BCUT2D eigenvalue weighted by atomic mass is 9.98. The Hall–Kier alpha value is -1.60. The Morgan fingerprint density at radius 2 is 1.74 bits per heavy atom. The molecule has 1 saturated carbocycles. The Bertz CT molecular complexity index is 717. The van der Waals surface area contributed by atoms with Crippen LogP contribution in [0.15, 0.2) is 30.3 Å². The predicted molar refractivity (Wildman–Crippen MR) is 123 cm³/mol. The van der Waals surface area contributed by atoms with E-state index < -0.39 is 16.2 Å². The van der Waals surface area contributed by atoms with Gasteiger partial charge in [-0.3, -0.25) is 4.18 Å². The normalized spacial score (nSPS) is 16.0. The van der Waals surface area contributed by atoms with Crippen molar-refractivity contribution >= 4 is 16.2 Å². The van der Waals surface area contributed by atoms with Gasteiger partial charge in [0.1, 0.15) is 6.61 Å². The average Bonchev–Trinajstić information content (AvgIpc) is 2.76. The van der Waals surface area contributed by atoms with Crippen LogP contribution >= 0.6 is 0 Å². The first-order valence-electron chi connectivity index (χ1n) is 11.9. The van der Waals surface area contributed by atoms with Crippen molar-refractivity contribution in [3.63, 3.8) is 0 Å². The summed E-state index contributed by atoms with van der Waals surface area (Å²) >= 11 is 0. The maximum atomic E-state index is 12.3. The van der Waals surface area contributed by atoms with Crippen molar-refractivity contribution in [1.29, 1.82) is 0 Å². The molecule has 1 aromatic rings. The summed E-state index contributed by atoms with van der Waals surface area (Å²) in [7, 11) is -3.52. The molecule has 0 heterocycles. The lowest BCUT2D eigenvalue weighted by molar-refractivity contribution is 0.134. The van der Waals surface area contributed by atoms with Gasteiger partial charge in [0.25, 0.3) is 10.1 Å². The summed E-state index contributed by atoms with van der Waals surface area (Å²) in [6.45, 7) is 2.38. The van der Waals surface area contributed by atoms with E-state index in [1.54, 1.807) is 0 Å². The van der Waals surface area contributed by atoms with Gasteiger partial charge in [0.05, 0.1) is 11.9 Å². The zero-order chi connectivity index (χ0) is 22.4. The molecule has 0 bridgehead atoms. The van der Waals surface area contributed by atoms with Crippen molar-refractivity contribution in [2.24, 2.45) is 0 Å². The standard InChI is InChI=1S/C24H39NO5S/c1-2-3-4-9-15-22(25-24(26)29-20-21-13-7-5-8-14-21)16-12-19-31(27,28)30-23-17-10-6-11-18-23/h5,7-8,13-14,22-23H,2-4,6,9-12,15-20H2,1H3,(H,25,26)/t22-/m1/s1. The Kier molecular flexibility index (Phi) is 12.0. The van der Waals surface area contributed by atoms with Gasteiger partial charge >= 0.3 is 6.09 Å². The molecule has 0 aliphatic heterocycles. The summed E-state index contributed by atoms with van der Waals surface area (Å²) in [5, 5.41) is 2.94. The van der Waals surface area contributed by atoms with E-state index in [2.05, 4.69) is 12.2 Å². The molecule has 0 radical (unpaired) electrons. The average molecular weight is 454 g/mol. The Labute approximate surface area is 188 Å². The number of nitrogens with one attached hydrogen (secondary N) is 1. The number of carbonyl (C=O) groups excluding carboxylic acids is 1. The summed E-state index contributed by atoms with van der Waals surface area (Å²) in [5.41, 5.74) is 0.933. The molecule has 7 heteroatoms. The third-order valence-electron chi connectivity index (χ3n) is 5.72. The largest absolute Gasteiger partial charge is 0.445 e. The summed E-state index contributed by atoms with van der Waals surface area (Å²) in [6, 6.07) is 9.46. The SMILES string of the molecule is CCCCCC[C@H](CCCS(=O)(=O)OC1CCCCC1)NC(=O)OCc1ccccc1. The van der Waals surface area contributed by atoms with Crippen LogP contribution in [0.4, 0.5) is 4.79 Å². The van der Waals surface area contributed by atoms with Crippen molar-refractivity contribution in [3.05, 3.63) is 35.9 Å². The summed E-state index contributed by atoms with van der Waals surface area (Å²) in [4.78, 5) is 12.3. The van der Waals surface area contributed by atoms with E-state index in [-0.39, 0.29) is 24.5 Å². The highest BCUT2D eigenvalue weighted by atomic mass is 32.2. The molecule has 1 aliphatic rings. The Balaban J connectivity index is 1.77. The van der Waals surface area contributed by atoms with Crippen LogP contribution in [0.2, 0.25) is 0 Å². The first-order valence-corrected chi connectivity index (χ1v) is 13.4. The molecule has 1 N–H and O–H groups in total. The predicted octanol–water partition coefficient (Wildman–Crippen LogP) is 5.71. The molecule has 1 fully saturated rings. The van der Waals surface area contributed by atoms with Crippen LogP contribution in [0.25, 0.3) is 0 Å². The molecule has 1 aliphatic carbocycles. The number of carbonyl (C=O) groups is 1. The molecule has 176 valence electrons. The van der Waals surface area contributed by atoms with Crippen LogP contribution in [-0.4, -0.2) is 32.4 Å². The van der Waals surface area contributed by atoms with Crippen molar-refractivity contribution in [2.45, 2.75) is 103 Å². The number of unbranched alkanes of at least 4 members (excludes halogenated alkanes) is 3. The first kappa shape index (κ1) is 25.7. The molecule has 1 amide bonds. The lowest BCUT2D eigenvalue weighted by Gasteiger charge is -2.22. The van der Waals surface area contributed by atoms with Crippen molar-refractivity contribution in [1.82, 2.24) is 5.32 Å². The molecular weight excluding hydrogens is 414 g/mol.